The van der Waals surface area contributed by atoms with Gasteiger partial charge in [0.25, 0.3) is 0 Å². The van der Waals surface area contributed by atoms with Crippen LogP contribution in [0.3, 0.4) is 0 Å². The van der Waals surface area contributed by atoms with Gasteiger partial charge in [0.15, 0.2) is 0 Å². The number of rotatable bonds is 2. The summed E-state index contributed by atoms with van der Waals surface area (Å²) in [6.45, 7) is 2.08. The molecule has 3 rings (SSSR count). The van der Waals surface area contributed by atoms with E-state index in [1.807, 2.05) is 6.20 Å². The van der Waals surface area contributed by atoms with Crippen LogP contribution in [0.5, 0.6) is 0 Å². The second-order valence-electron chi connectivity index (χ2n) is 4.75. The minimum absolute atomic E-state index is 0.205. The molecule has 1 aromatic heterocycles. The first-order chi connectivity index (χ1) is 8.84. The van der Waals surface area contributed by atoms with E-state index in [1.54, 1.807) is 12.1 Å². The third-order valence-electron chi connectivity index (χ3n) is 3.53. The molecular weight excluding hydrogens is 229 g/mol. The number of nitrogens with zero attached hydrogens (tertiary/aromatic N) is 1. The number of hydrogen-bond acceptors (Lipinski definition) is 2. The maximum atomic E-state index is 13.0. The van der Waals surface area contributed by atoms with Crippen molar-refractivity contribution in [3.05, 3.63) is 42.0 Å². The van der Waals surface area contributed by atoms with Crippen molar-refractivity contribution < 1.29 is 4.39 Å². The number of benzene rings is 1. The van der Waals surface area contributed by atoms with E-state index in [-0.39, 0.29) is 5.82 Å². The fourth-order valence-electron chi connectivity index (χ4n) is 2.57. The summed E-state index contributed by atoms with van der Waals surface area (Å²) < 4.78 is 13.0. The van der Waals surface area contributed by atoms with E-state index >= 15 is 0 Å². The van der Waals surface area contributed by atoms with E-state index in [1.165, 1.54) is 25.0 Å². The van der Waals surface area contributed by atoms with Crippen LogP contribution in [0.2, 0.25) is 0 Å². The number of hydrogen-bond donors (Lipinski definition) is 2. The Morgan fingerprint density at radius 1 is 1.22 bits per heavy atom. The van der Waals surface area contributed by atoms with E-state index in [0.717, 1.165) is 29.9 Å². The Bertz CT molecular complexity index is 512. The molecule has 0 unspecified atom stereocenters. The molecule has 1 saturated heterocycles. The van der Waals surface area contributed by atoms with Gasteiger partial charge in [-0.25, -0.2) is 4.39 Å². The first-order valence-corrected chi connectivity index (χ1v) is 6.34. The lowest BCUT2D eigenvalue weighted by molar-refractivity contribution is 0.455. The quantitative estimate of drug-likeness (QED) is 0.854. The van der Waals surface area contributed by atoms with Crippen molar-refractivity contribution in [2.24, 2.45) is 0 Å². The zero-order valence-corrected chi connectivity index (χ0v) is 10.1. The zero-order chi connectivity index (χ0) is 12.4. The van der Waals surface area contributed by atoms with Gasteiger partial charge in [-0.1, -0.05) is 12.1 Å². The summed E-state index contributed by atoms with van der Waals surface area (Å²) in [6.07, 6.45) is 4.19. The molecule has 1 aromatic carbocycles. The van der Waals surface area contributed by atoms with Gasteiger partial charge in [0.1, 0.15) is 5.82 Å². The van der Waals surface area contributed by atoms with Gasteiger partial charge in [-0.15, -0.1) is 0 Å². The molecule has 2 heterocycles. The highest BCUT2D eigenvalue weighted by Gasteiger charge is 2.20. The summed E-state index contributed by atoms with van der Waals surface area (Å²) in [7, 11) is 0. The highest BCUT2D eigenvalue weighted by atomic mass is 19.1. The average Bonchev–Trinajstić information content (AvgIpc) is 2.90. The van der Waals surface area contributed by atoms with E-state index in [0.29, 0.717) is 5.92 Å². The van der Waals surface area contributed by atoms with E-state index < -0.39 is 0 Å². The smallest absolute Gasteiger partial charge is 0.123 e. The third kappa shape index (κ3) is 2.16. The fourth-order valence-corrected chi connectivity index (χ4v) is 2.57. The molecule has 2 aromatic rings. The number of aromatic amines is 1. The van der Waals surface area contributed by atoms with Gasteiger partial charge in [0.05, 0.1) is 6.20 Å². The van der Waals surface area contributed by atoms with E-state index in [9.17, 15) is 4.39 Å². The Morgan fingerprint density at radius 2 is 2.06 bits per heavy atom. The summed E-state index contributed by atoms with van der Waals surface area (Å²) in [5.41, 5.74) is 3.27. The van der Waals surface area contributed by atoms with Crippen LogP contribution >= 0.6 is 0 Å². The highest BCUT2D eigenvalue weighted by molar-refractivity contribution is 5.65. The van der Waals surface area contributed by atoms with Crippen LogP contribution in [0.25, 0.3) is 11.1 Å². The van der Waals surface area contributed by atoms with E-state index in [2.05, 4.69) is 15.5 Å². The number of H-pyrrole nitrogens is 1. The lowest BCUT2D eigenvalue weighted by Gasteiger charge is -2.22. The lowest BCUT2D eigenvalue weighted by atomic mass is 9.91. The molecule has 0 aliphatic carbocycles. The van der Waals surface area contributed by atoms with Crippen molar-refractivity contribution in [1.82, 2.24) is 15.5 Å². The molecule has 3 nitrogen and oxygen atoms in total. The molecule has 1 aliphatic rings. The molecule has 4 heteroatoms. The van der Waals surface area contributed by atoms with Crippen LogP contribution in [0, 0.1) is 5.82 Å². The standard InChI is InChI=1S/C14H16FN3/c15-12-5-3-10(4-6-12)13-9-17-18-14(13)11-2-1-7-16-8-11/h3-6,9,11,16H,1-2,7-8H2,(H,17,18)/t11-/m1/s1. The van der Waals surface area contributed by atoms with Gasteiger partial charge in [0, 0.05) is 23.7 Å². The Balaban J connectivity index is 1.93. The predicted octanol–water partition coefficient (Wildman–Crippen LogP) is 2.68. The monoisotopic (exact) mass is 245 g/mol. The van der Waals surface area contributed by atoms with Gasteiger partial charge in [0.2, 0.25) is 0 Å². The normalized spacial score (nSPS) is 19.9. The molecular formula is C14H16FN3. The molecule has 1 atom stereocenters. The lowest BCUT2D eigenvalue weighted by Crippen LogP contribution is -2.28. The summed E-state index contributed by atoms with van der Waals surface area (Å²) >= 11 is 0. The first kappa shape index (κ1) is 11.4. The molecule has 1 fully saturated rings. The summed E-state index contributed by atoms with van der Waals surface area (Å²) in [5, 5.41) is 10.7. The molecule has 0 bridgehead atoms. The van der Waals surface area contributed by atoms with Gasteiger partial charge < -0.3 is 5.32 Å². The fraction of sp³-hybridized carbons (Fsp3) is 0.357. The largest absolute Gasteiger partial charge is 0.316 e. The summed E-state index contributed by atoms with van der Waals surface area (Å²) in [5.74, 6) is 0.268. The summed E-state index contributed by atoms with van der Waals surface area (Å²) in [6, 6.07) is 6.59. The topological polar surface area (TPSA) is 40.7 Å². The summed E-state index contributed by atoms with van der Waals surface area (Å²) in [4.78, 5) is 0. The van der Waals surface area contributed by atoms with Gasteiger partial charge in [-0.2, -0.15) is 5.10 Å². The van der Waals surface area contributed by atoms with Crippen molar-refractivity contribution in [3.63, 3.8) is 0 Å². The Hall–Kier alpha value is -1.68. The minimum Gasteiger partial charge on any atom is -0.316 e. The minimum atomic E-state index is -0.205. The van der Waals surface area contributed by atoms with Gasteiger partial charge in [-0.3, -0.25) is 5.10 Å². The second kappa shape index (κ2) is 4.90. The first-order valence-electron chi connectivity index (χ1n) is 6.34. The maximum absolute atomic E-state index is 13.0. The van der Waals surface area contributed by atoms with Crippen LogP contribution in [-0.2, 0) is 0 Å². The predicted molar refractivity (Wildman–Crippen MR) is 68.8 cm³/mol. The number of nitrogens with one attached hydrogen (secondary N) is 2. The van der Waals surface area contributed by atoms with Crippen LogP contribution in [0.1, 0.15) is 24.5 Å². The van der Waals surface area contributed by atoms with E-state index in [4.69, 9.17) is 0 Å². The Morgan fingerprint density at radius 3 is 2.78 bits per heavy atom. The van der Waals surface area contributed by atoms with Crippen molar-refractivity contribution in [3.8, 4) is 11.1 Å². The van der Waals surface area contributed by atoms with Crippen molar-refractivity contribution in [2.45, 2.75) is 18.8 Å². The number of aromatic nitrogens is 2. The SMILES string of the molecule is Fc1ccc(-c2cn[nH]c2[C@@H]2CCCNC2)cc1. The highest BCUT2D eigenvalue weighted by Crippen LogP contribution is 2.30. The zero-order valence-electron chi connectivity index (χ0n) is 10.1. The molecule has 18 heavy (non-hydrogen) atoms. The molecule has 0 spiro atoms. The molecule has 1 aliphatic heterocycles. The van der Waals surface area contributed by atoms with Crippen molar-refractivity contribution in [2.75, 3.05) is 13.1 Å². The molecule has 0 amide bonds. The van der Waals surface area contributed by atoms with Crippen molar-refractivity contribution >= 4 is 0 Å². The molecule has 2 N–H and O–H groups in total. The van der Waals surface area contributed by atoms with Crippen molar-refractivity contribution in [1.29, 1.82) is 0 Å². The second-order valence-corrected chi connectivity index (χ2v) is 4.75. The average molecular weight is 245 g/mol. The van der Waals surface area contributed by atoms with Crippen LogP contribution in [0.15, 0.2) is 30.5 Å². The Labute approximate surface area is 105 Å². The van der Waals surface area contributed by atoms with Crippen LogP contribution < -0.4 is 5.32 Å². The van der Waals surface area contributed by atoms with Crippen LogP contribution in [0.4, 0.5) is 4.39 Å². The number of piperidine rings is 1. The molecule has 0 radical (unpaired) electrons. The van der Waals surface area contributed by atoms with Gasteiger partial charge >= 0.3 is 0 Å². The Kier molecular flexibility index (Phi) is 3.11. The van der Waals surface area contributed by atoms with Crippen LogP contribution in [-0.4, -0.2) is 23.3 Å². The molecule has 94 valence electrons. The van der Waals surface area contributed by atoms with Gasteiger partial charge in [-0.05, 0) is 37.1 Å². The number of halogens is 1. The molecule has 0 saturated carbocycles. The maximum Gasteiger partial charge on any atom is 0.123 e. The third-order valence-corrected chi connectivity index (χ3v) is 3.53.